The number of likely N-dealkylation sites (N-methyl/N-ethyl adjacent to an activating group) is 2. The zero-order chi connectivity index (χ0) is 26.6. The van der Waals surface area contributed by atoms with Crippen LogP contribution in [0.5, 0.6) is 5.75 Å². The van der Waals surface area contributed by atoms with Gasteiger partial charge < -0.3 is 15.0 Å². The number of nitrogens with one attached hydrogen (secondary N) is 1. The van der Waals surface area contributed by atoms with Crippen LogP contribution < -0.4 is 10.1 Å². The Balaban J connectivity index is 1.34. The number of pyridine rings is 1. The van der Waals surface area contributed by atoms with Crippen LogP contribution in [0.15, 0.2) is 91.1 Å². The van der Waals surface area contributed by atoms with E-state index in [1.807, 2.05) is 60.7 Å². The number of aromatic nitrogens is 1. The summed E-state index contributed by atoms with van der Waals surface area (Å²) in [6.07, 6.45) is 1.88. The van der Waals surface area contributed by atoms with Crippen molar-refractivity contribution in [3.63, 3.8) is 0 Å². The second-order valence-electron chi connectivity index (χ2n) is 9.31. The SMILES string of the molecule is CNC(=O)C1c2cc(-c3ccc(C(=O)N(C)CCc4ccccn4)cc3)ccc2OC1c1ccc(F)cc1. The lowest BCUT2D eigenvalue weighted by Crippen LogP contribution is -2.29. The molecule has 4 aromatic rings. The Morgan fingerprint density at radius 3 is 2.39 bits per heavy atom. The maximum atomic E-state index is 13.5. The monoisotopic (exact) mass is 509 g/mol. The van der Waals surface area contributed by atoms with Crippen molar-refractivity contribution in [2.24, 2.45) is 0 Å². The van der Waals surface area contributed by atoms with Gasteiger partial charge in [0.05, 0.1) is 0 Å². The van der Waals surface area contributed by atoms with E-state index in [1.54, 1.807) is 37.3 Å². The number of hydrogen-bond acceptors (Lipinski definition) is 4. The molecule has 2 heterocycles. The van der Waals surface area contributed by atoms with Crippen molar-refractivity contribution in [1.29, 1.82) is 0 Å². The molecule has 192 valence electrons. The topological polar surface area (TPSA) is 71.5 Å². The summed E-state index contributed by atoms with van der Waals surface area (Å²) >= 11 is 0. The molecule has 0 fully saturated rings. The maximum Gasteiger partial charge on any atom is 0.253 e. The van der Waals surface area contributed by atoms with Crippen LogP contribution in [0.25, 0.3) is 11.1 Å². The van der Waals surface area contributed by atoms with Gasteiger partial charge in [0.25, 0.3) is 5.91 Å². The van der Waals surface area contributed by atoms with Crippen LogP contribution >= 0.6 is 0 Å². The van der Waals surface area contributed by atoms with Gasteiger partial charge in [0.2, 0.25) is 5.91 Å². The van der Waals surface area contributed by atoms with Gasteiger partial charge in [-0.25, -0.2) is 4.39 Å². The zero-order valence-corrected chi connectivity index (χ0v) is 21.2. The molecule has 3 aromatic carbocycles. The number of carbonyl (C=O) groups excluding carboxylic acids is 2. The van der Waals surface area contributed by atoms with Crippen LogP contribution in [0, 0.1) is 5.82 Å². The van der Waals surface area contributed by atoms with E-state index < -0.39 is 12.0 Å². The fourth-order valence-corrected chi connectivity index (χ4v) is 4.75. The first kappa shape index (κ1) is 25.1. The number of nitrogens with zero attached hydrogens (tertiary/aromatic N) is 2. The fourth-order valence-electron chi connectivity index (χ4n) is 4.75. The van der Waals surface area contributed by atoms with Crippen LogP contribution in [0.2, 0.25) is 0 Å². The van der Waals surface area contributed by atoms with E-state index in [2.05, 4.69) is 10.3 Å². The number of fused-ring (bicyclic) bond motifs is 1. The summed E-state index contributed by atoms with van der Waals surface area (Å²) in [6, 6.07) is 25.0. The third kappa shape index (κ3) is 5.13. The van der Waals surface area contributed by atoms with E-state index in [1.165, 1.54) is 12.1 Å². The van der Waals surface area contributed by atoms with Crippen molar-refractivity contribution in [3.8, 4) is 16.9 Å². The number of benzene rings is 3. The standard InChI is InChI=1S/C31H28FN3O3/c1-33-30(36)28-26-19-23(12-15-27(26)38-29(28)21-10-13-24(32)14-11-21)20-6-8-22(9-7-20)31(37)35(2)18-16-25-5-3-4-17-34-25/h3-15,17,19,28-29H,16,18H2,1-2H3,(H,33,36). The highest BCUT2D eigenvalue weighted by Gasteiger charge is 2.40. The summed E-state index contributed by atoms with van der Waals surface area (Å²) in [5.74, 6) is -0.530. The highest BCUT2D eigenvalue weighted by atomic mass is 19.1. The molecule has 7 heteroatoms. The van der Waals surface area contributed by atoms with E-state index in [9.17, 15) is 14.0 Å². The molecule has 2 atom stereocenters. The minimum atomic E-state index is -0.575. The molecule has 0 radical (unpaired) electrons. The third-order valence-electron chi connectivity index (χ3n) is 6.87. The Labute approximate surface area is 221 Å². The summed E-state index contributed by atoms with van der Waals surface area (Å²) < 4.78 is 19.6. The van der Waals surface area contributed by atoms with Crippen molar-refractivity contribution in [1.82, 2.24) is 15.2 Å². The minimum absolute atomic E-state index is 0.0587. The van der Waals surface area contributed by atoms with Gasteiger partial charge in [-0.3, -0.25) is 14.6 Å². The normalized spacial score (nSPS) is 15.9. The van der Waals surface area contributed by atoms with Crippen molar-refractivity contribution < 1.29 is 18.7 Å². The molecule has 0 saturated carbocycles. The number of amides is 2. The molecule has 2 amide bonds. The van der Waals surface area contributed by atoms with E-state index in [0.717, 1.165) is 27.9 Å². The van der Waals surface area contributed by atoms with Crippen molar-refractivity contribution >= 4 is 11.8 Å². The molecule has 0 bridgehead atoms. The highest BCUT2D eigenvalue weighted by molar-refractivity contribution is 5.94. The predicted molar refractivity (Wildman–Crippen MR) is 143 cm³/mol. The summed E-state index contributed by atoms with van der Waals surface area (Å²) in [5, 5.41) is 2.73. The summed E-state index contributed by atoms with van der Waals surface area (Å²) in [6.45, 7) is 0.568. The van der Waals surface area contributed by atoms with Gasteiger partial charge in [-0.1, -0.05) is 36.4 Å². The van der Waals surface area contributed by atoms with E-state index in [0.29, 0.717) is 24.3 Å². The lowest BCUT2D eigenvalue weighted by atomic mass is 9.88. The second-order valence-corrected chi connectivity index (χ2v) is 9.31. The third-order valence-corrected chi connectivity index (χ3v) is 6.87. The molecule has 1 aliphatic rings. The molecule has 1 N–H and O–H groups in total. The first-order valence-corrected chi connectivity index (χ1v) is 12.5. The Morgan fingerprint density at radius 2 is 1.71 bits per heavy atom. The number of hydrogen-bond donors (Lipinski definition) is 1. The molecule has 1 aliphatic heterocycles. The lowest BCUT2D eigenvalue weighted by Gasteiger charge is -2.18. The molecule has 0 spiro atoms. The molecule has 5 rings (SSSR count). The second kappa shape index (κ2) is 10.8. The molecule has 1 aromatic heterocycles. The lowest BCUT2D eigenvalue weighted by molar-refractivity contribution is -0.123. The largest absolute Gasteiger partial charge is 0.484 e. The number of carbonyl (C=O) groups is 2. The quantitative estimate of drug-likeness (QED) is 0.373. The summed E-state index contributed by atoms with van der Waals surface area (Å²) in [5.41, 5.74) is 4.87. The van der Waals surface area contributed by atoms with Crippen LogP contribution in [-0.4, -0.2) is 42.3 Å². The van der Waals surface area contributed by atoms with Crippen LogP contribution in [0.3, 0.4) is 0 Å². The van der Waals surface area contributed by atoms with Crippen molar-refractivity contribution in [2.75, 3.05) is 20.6 Å². The predicted octanol–water partition coefficient (Wildman–Crippen LogP) is 5.17. The van der Waals surface area contributed by atoms with E-state index in [-0.39, 0.29) is 17.6 Å². The first-order chi connectivity index (χ1) is 18.4. The van der Waals surface area contributed by atoms with Gasteiger partial charge in [0.15, 0.2) is 0 Å². The van der Waals surface area contributed by atoms with Crippen molar-refractivity contribution in [3.05, 3.63) is 119 Å². The Hall–Kier alpha value is -4.52. The van der Waals surface area contributed by atoms with Gasteiger partial charge in [-0.15, -0.1) is 0 Å². The van der Waals surface area contributed by atoms with Gasteiger partial charge in [0.1, 0.15) is 23.6 Å². The van der Waals surface area contributed by atoms with Crippen LogP contribution in [0.1, 0.15) is 39.2 Å². The summed E-state index contributed by atoms with van der Waals surface area (Å²) in [7, 11) is 3.38. The smallest absolute Gasteiger partial charge is 0.253 e. The first-order valence-electron chi connectivity index (χ1n) is 12.5. The van der Waals surface area contributed by atoms with Crippen LogP contribution in [0.4, 0.5) is 4.39 Å². The average Bonchev–Trinajstić information content (AvgIpc) is 3.35. The Morgan fingerprint density at radius 1 is 0.974 bits per heavy atom. The zero-order valence-electron chi connectivity index (χ0n) is 21.2. The van der Waals surface area contributed by atoms with E-state index in [4.69, 9.17) is 4.74 Å². The number of rotatable bonds is 7. The van der Waals surface area contributed by atoms with Gasteiger partial charge in [-0.05, 0) is 65.2 Å². The average molecular weight is 510 g/mol. The van der Waals surface area contributed by atoms with Gasteiger partial charge in [0, 0.05) is 50.1 Å². The molecule has 6 nitrogen and oxygen atoms in total. The maximum absolute atomic E-state index is 13.5. The minimum Gasteiger partial charge on any atom is -0.484 e. The van der Waals surface area contributed by atoms with Crippen LogP contribution in [-0.2, 0) is 11.2 Å². The molecule has 38 heavy (non-hydrogen) atoms. The Kier molecular flexibility index (Phi) is 7.18. The summed E-state index contributed by atoms with van der Waals surface area (Å²) in [4.78, 5) is 31.8. The molecule has 2 unspecified atom stereocenters. The fraction of sp³-hybridized carbons (Fsp3) is 0.194. The van der Waals surface area contributed by atoms with Gasteiger partial charge in [-0.2, -0.15) is 0 Å². The van der Waals surface area contributed by atoms with Crippen molar-refractivity contribution in [2.45, 2.75) is 18.4 Å². The number of halogens is 1. The molecule has 0 saturated heterocycles. The van der Waals surface area contributed by atoms with Gasteiger partial charge >= 0.3 is 0 Å². The highest BCUT2D eigenvalue weighted by Crippen LogP contribution is 2.47. The molecule has 0 aliphatic carbocycles. The number of ether oxygens (including phenoxy) is 1. The Bertz CT molecular complexity index is 1440. The molecular formula is C31H28FN3O3. The molecular weight excluding hydrogens is 481 g/mol. The van der Waals surface area contributed by atoms with E-state index >= 15 is 0 Å².